The number of aromatic nitrogens is 2. The fourth-order valence-corrected chi connectivity index (χ4v) is 1.75. The number of rotatable bonds is 4. The van der Waals surface area contributed by atoms with Crippen LogP contribution in [-0.2, 0) is 4.57 Å². The average Bonchev–Trinajstić information content (AvgIpc) is 2.78. The van der Waals surface area contributed by atoms with Gasteiger partial charge < -0.3 is 18.9 Å². The fraction of sp³-hybridized carbons (Fsp3) is 0.200. The van der Waals surface area contributed by atoms with Crippen LogP contribution in [0.25, 0.3) is 5.88 Å². The van der Waals surface area contributed by atoms with Crippen LogP contribution in [0, 0.1) is 6.92 Å². The first-order valence-electron chi connectivity index (χ1n) is 5.36. The van der Waals surface area contributed by atoms with Gasteiger partial charge in [-0.2, -0.15) is 0 Å². The Balaban J connectivity index is 2.43. The lowest BCUT2D eigenvalue weighted by Crippen LogP contribution is -2.29. The highest BCUT2D eigenvalue weighted by Gasteiger charge is 2.18. The highest BCUT2D eigenvalue weighted by atomic mass is 31.2. The Morgan fingerprint density at radius 1 is 1.45 bits per heavy atom. The zero-order valence-electron chi connectivity index (χ0n) is 10.3. The van der Waals surface area contributed by atoms with Gasteiger partial charge in [0.25, 0.3) is 11.4 Å². The van der Waals surface area contributed by atoms with Crippen LogP contribution < -0.4 is 16.0 Å². The van der Waals surface area contributed by atoms with E-state index in [1.807, 2.05) is 0 Å². The number of nitrogens with one attached hydrogen (secondary N) is 1. The minimum Gasteiger partial charge on any atom is -0.475 e. The third-order valence-electron chi connectivity index (χ3n) is 2.34. The number of aromatic amines is 1. The van der Waals surface area contributed by atoms with Crippen molar-refractivity contribution in [1.82, 2.24) is 9.55 Å². The smallest absolute Gasteiger partial charge is 0.362 e. The first kappa shape index (κ1) is 14.3. The van der Waals surface area contributed by atoms with E-state index >= 15 is 0 Å². The predicted octanol–water partition coefficient (Wildman–Crippen LogP) is -0.0588. The van der Waals surface area contributed by atoms with Gasteiger partial charge in [-0.3, -0.25) is 14.3 Å². The second-order valence-electron chi connectivity index (χ2n) is 3.97. The molecule has 10 heteroatoms. The molecule has 108 valence electrons. The number of furan rings is 1. The first-order valence-corrected chi connectivity index (χ1v) is 7.15. The van der Waals surface area contributed by atoms with Crippen LogP contribution >= 0.6 is 7.60 Å². The number of aryl methyl sites for hydroxylation is 1. The van der Waals surface area contributed by atoms with Gasteiger partial charge in [0, 0.05) is 17.8 Å². The molecule has 2 rings (SSSR count). The lowest BCUT2D eigenvalue weighted by atomic mass is 10.4. The number of hydrogen-bond donors (Lipinski definition) is 3. The molecule has 0 spiro atoms. The molecule has 0 fully saturated rings. The van der Waals surface area contributed by atoms with E-state index in [2.05, 4.69) is 4.98 Å². The molecule has 2 heterocycles. The molecular formula is C10H11N2O7P. The van der Waals surface area contributed by atoms with Crippen molar-refractivity contribution in [2.45, 2.75) is 6.92 Å². The van der Waals surface area contributed by atoms with Crippen molar-refractivity contribution in [2.75, 3.05) is 6.35 Å². The summed E-state index contributed by atoms with van der Waals surface area (Å²) in [6.07, 6.45) is 1.58. The Bertz CT molecular complexity index is 781. The number of hydrogen-bond acceptors (Lipinski definition) is 5. The summed E-state index contributed by atoms with van der Waals surface area (Å²) in [4.78, 5) is 42.5. The number of ether oxygens (including phenoxy) is 1. The van der Waals surface area contributed by atoms with Gasteiger partial charge in [-0.05, 0) is 6.92 Å². The van der Waals surface area contributed by atoms with Crippen molar-refractivity contribution < 1.29 is 23.5 Å². The minimum absolute atomic E-state index is 0.0260. The highest BCUT2D eigenvalue weighted by molar-refractivity contribution is 7.51. The highest BCUT2D eigenvalue weighted by Crippen LogP contribution is 2.35. The normalized spacial score (nSPS) is 11.6. The standard InChI is InChI=1S/C10H11N2O7P/c1-6-4-12(10(14)11-8(6)13)9-7(2-3-18-9)19-5-20(15,16)17/h2-4H,5H2,1H3,(H,11,13,14)(H2,15,16,17). The molecule has 0 bridgehead atoms. The van der Waals surface area contributed by atoms with Crippen molar-refractivity contribution in [3.63, 3.8) is 0 Å². The first-order chi connectivity index (χ1) is 9.28. The number of nitrogens with zero attached hydrogens (tertiary/aromatic N) is 1. The van der Waals surface area contributed by atoms with Crippen LogP contribution in [-0.4, -0.2) is 25.7 Å². The summed E-state index contributed by atoms with van der Waals surface area (Å²) in [5, 5.41) is 0. The van der Waals surface area contributed by atoms with Crippen LogP contribution in [0.4, 0.5) is 0 Å². The summed E-state index contributed by atoms with van der Waals surface area (Å²) in [5.41, 5.74) is -1.02. The molecule has 0 saturated heterocycles. The fourth-order valence-electron chi connectivity index (χ4n) is 1.45. The maximum Gasteiger partial charge on any atom is 0.362 e. The third kappa shape index (κ3) is 3.08. The van der Waals surface area contributed by atoms with Crippen molar-refractivity contribution >= 4 is 7.60 Å². The summed E-state index contributed by atoms with van der Waals surface area (Å²) >= 11 is 0. The third-order valence-corrected chi connectivity index (χ3v) is 2.80. The summed E-state index contributed by atoms with van der Waals surface area (Å²) in [6.45, 7) is 1.49. The van der Waals surface area contributed by atoms with Crippen LogP contribution in [0.5, 0.6) is 5.75 Å². The Hall–Kier alpha value is -2.09. The van der Waals surface area contributed by atoms with E-state index in [0.29, 0.717) is 0 Å². The quantitative estimate of drug-likeness (QED) is 0.673. The van der Waals surface area contributed by atoms with Crippen molar-refractivity contribution in [1.29, 1.82) is 0 Å². The van der Waals surface area contributed by atoms with Gasteiger partial charge >= 0.3 is 13.3 Å². The molecule has 9 nitrogen and oxygen atoms in total. The zero-order valence-corrected chi connectivity index (χ0v) is 11.2. The van der Waals surface area contributed by atoms with Crippen LogP contribution in [0.2, 0.25) is 0 Å². The molecule has 3 N–H and O–H groups in total. The van der Waals surface area contributed by atoms with E-state index in [1.54, 1.807) is 0 Å². The second kappa shape index (κ2) is 5.12. The van der Waals surface area contributed by atoms with Gasteiger partial charge in [0.2, 0.25) is 0 Å². The van der Waals surface area contributed by atoms with Crippen molar-refractivity contribution in [3.05, 3.63) is 44.9 Å². The lowest BCUT2D eigenvalue weighted by molar-refractivity contribution is 0.297. The van der Waals surface area contributed by atoms with E-state index in [-0.39, 0.29) is 17.2 Å². The van der Waals surface area contributed by atoms with Crippen molar-refractivity contribution in [3.8, 4) is 11.6 Å². The molecular weight excluding hydrogens is 291 g/mol. The molecule has 0 amide bonds. The van der Waals surface area contributed by atoms with Gasteiger partial charge in [0.1, 0.15) is 0 Å². The summed E-state index contributed by atoms with van der Waals surface area (Å²) in [5.74, 6) is -0.107. The van der Waals surface area contributed by atoms with Crippen molar-refractivity contribution in [2.24, 2.45) is 0 Å². The van der Waals surface area contributed by atoms with E-state index in [4.69, 9.17) is 18.9 Å². The van der Waals surface area contributed by atoms with Crippen LogP contribution in [0.15, 0.2) is 32.5 Å². The Morgan fingerprint density at radius 3 is 2.80 bits per heavy atom. The molecule has 0 saturated carbocycles. The molecule has 20 heavy (non-hydrogen) atoms. The summed E-state index contributed by atoms with van der Waals surface area (Å²) in [7, 11) is -4.36. The van der Waals surface area contributed by atoms with Crippen LogP contribution in [0.3, 0.4) is 0 Å². The Morgan fingerprint density at radius 2 is 2.15 bits per heavy atom. The lowest BCUT2D eigenvalue weighted by Gasteiger charge is -2.08. The van der Waals surface area contributed by atoms with Gasteiger partial charge in [-0.15, -0.1) is 0 Å². The monoisotopic (exact) mass is 302 g/mol. The molecule has 0 atom stereocenters. The second-order valence-corrected chi connectivity index (χ2v) is 5.56. The molecule has 0 aliphatic heterocycles. The largest absolute Gasteiger partial charge is 0.475 e. The Labute approximate surface area is 111 Å². The number of H-pyrrole nitrogens is 1. The summed E-state index contributed by atoms with van der Waals surface area (Å²) < 4.78 is 21.7. The average molecular weight is 302 g/mol. The molecule has 0 radical (unpaired) electrons. The molecule has 2 aromatic rings. The van der Waals surface area contributed by atoms with E-state index in [0.717, 1.165) is 4.57 Å². The van der Waals surface area contributed by atoms with Gasteiger partial charge in [-0.25, -0.2) is 9.36 Å². The molecule has 0 aromatic carbocycles. The van der Waals surface area contributed by atoms with Crippen LogP contribution in [0.1, 0.15) is 5.56 Å². The maximum absolute atomic E-state index is 11.7. The van der Waals surface area contributed by atoms with E-state index in [1.165, 1.54) is 25.5 Å². The topological polar surface area (TPSA) is 135 Å². The van der Waals surface area contributed by atoms with E-state index in [9.17, 15) is 14.2 Å². The maximum atomic E-state index is 11.7. The zero-order chi connectivity index (χ0) is 14.9. The SMILES string of the molecule is Cc1cn(-c2occc2OCP(=O)(O)O)c(=O)[nH]c1=O. The molecule has 0 aliphatic rings. The van der Waals surface area contributed by atoms with E-state index < -0.39 is 25.2 Å². The van der Waals surface area contributed by atoms with Gasteiger partial charge in [0.15, 0.2) is 12.1 Å². The Kier molecular flexibility index (Phi) is 3.67. The molecule has 0 aliphatic carbocycles. The summed E-state index contributed by atoms with van der Waals surface area (Å²) in [6, 6.07) is 1.30. The van der Waals surface area contributed by atoms with Gasteiger partial charge in [0.05, 0.1) is 6.26 Å². The predicted molar refractivity (Wildman–Crippen MR) is 67.2 cm³/mol. The molecule has 0 unspecified atom stereocenters. The minimum atomic E-state index is -4.36. The molecule has 2 aromatic heterocycles. The van der Waals surface area contributed by atoms with Gasteiger partial charge in [-0.1, -0.05) is 0 Å².